The van der Waals surface area contributed by atoms with Crippen LogP contribution in [0.3, 0.4) is 0 Å². The summed E-state index contributed by atoms with van der Waals surface area (Å²) in [6.45, 7) is 2.30. The number of rotatable bonds is 8. The molecule has 0 saturated carbocycles. The van der Waals surface area contributed by atoms with Crippen molar-refractivity contribution >= 4 is 23.3 Å². The Labute approximate surface area is 196 Å². The number of piperidine rings is 1. The van der Waals surface area contributed by atoms with Crippen molar-refractivity contribution in [3.05, 3.63) is 64.2 Å². The fourth-order valence-corrected chi connectivity index (χ4v) is 3.71. The summed E-state index contributed by atoms with van der Waals surface area (Å²) in [5, 5.41) is 7.64. The van der Waals surface area contributed by atoms with Gasteiger partial charge in [-0.3, -0.25) is 9.59 Å². The SMILES string of the molecule is O=C(Cn1nc(-c2ccc(Cl)cc2)ccc1=O)NCCOc1cc(N2CCCCC2)ncn1. The highest BCUT2D eigenvalue weighted by Crippen LogP contribution is 2.20. The van der Waals surface area contributed by atoms with Gasteiger partial charge in [-0.2, -0.15) is 5.10 Å². The molecule has 0 spiro atoms. The number of amides is 1. The lowest BCUT2D eigenvalue weighted by Gasteiger charge is -2.27. The predicted octanol–water partition coefficient (Wildman–Crippen LogP) is 2.54. The van der Waals surface area contributed by atoms with Crippen LogP contribution in [0.25, 0.3) is 11.3 Å². The lowest BCUT2D eigenvalue weighted by atomic mass is 10.1. The normalized spacial score (nSPS) is 13.5. The molecule has 0 aliphatic carbocycles. The molecule has 1 fully saturated rings. The van der Waals surface area contributed by atoms with Crippen LogP contribution in [0.2, 0.25) is 5.02 Å². The summed E-state index contributed by atoms with van der Waals surface area (Å²) in [6, 6.07) is 11.9. The average molecular weight is 469 g/mol. The van der Waals surface area contributed by atoms with Crippen LogP contribution in [0.4, 0.5) is 5.82 Å². The number of nitrogens with one attached hydrogen (secondary N) is 1. The van der Waals surface area contributed by atoms with Gasteiger partial charge in [-0.05, 0) is 37.5 Å². The second kappa shape index (κ2) is 10.9. The van der Waals surface area contributed by atoms with E-state index in [1.807, 2.05) is 6.07 Å². The van der Waals surface area contributed by atoms with E-state index >= 15 is 0 Å². The maximum Gasteiger partial charge on any atom is 0.267 e. The van der Waals surface area contributed by atoms with Crippen LogP contribution < -0.4 is 20.5 Å². The van der Waals surface area contributed by atoms with E-state index in [1.54, 1.807) is 30.3 Å². The first kappa shape index (κ1) is 22.7. The van der Waals surface area contributed by atoms with E-state index in [2.05, 4.69) is 25.3 Å². The zero-order valence-corrected chi connectivity index (χ0v) is 18.9. The Kier molecular flexibility index (Phi) is 7.51. The Bertz CT molecular complexity index is 1150. The number of nitrogens with zero attached hydrogens (tertiary/aromatic N) is 5. The minimum absolute atomic E-state index is 0.188. The number of anilines is 1. The number of benzene rings is 1. The summed E-state index contributed by atoms with van der Waals surface area (Å²) in [7, 11) is 0. The molecule has 1 amide bonds. The molecule has 0 atom stereocenters. The van der Waals surface area contributed by atoms with Gasteiger partial charge in [-0.1, -0.05) is 23.7 Å². The molecule has 2 aromatic heterocycles. The molecule has 9 nitrogen and oxygen atoms in total. The highest BCUT2D eigenvalue weighted by molar-refractivity contribution is 6.30. The molecule has 0 unspecified atom stereocenters. The zero-order valence-electron chi connectivity index (χ0n) is 18.1. The van der Waals surface area contributed by atoms with Crippen molar-refractivity contribution in [1.29, 1.82) is 0 Å². The number of hydrogen-bond acceptors (Lipinski definition) is 7. The molecule has 3 heterocycles. The van der Waals surface area contributed by atoms with Crippen molar-refractivity contribution < 1.29 is 9.53 Å². The third-order valence-corrected chi connectivity index (χ3v) is 5.53. The van der Waals surface area contributed by atoms with Crippen LogP contribution >= 0.6 is 11.6 Å². The Morgan fingerprint density at radius 3 is 2.64 bits per heavy atom. The topological polar surface area (TPSA) is 102 Å². The van der Waals surface area contributed by atoms with Crippen molar-refractivity contribution in [3.8, 4) is 17.1 Å². The fraction of sp³-hybridized carbons (Fsp3) is 0.348. The fourth-order valence-electron chi connectivity index (χ4n) is 3.58. The molecule has 4 rings (SSSR count). The largest absolute Gasteiger partial charge is 0.476 e. The van der Waals surface area contributed by atoms with Crippen molar-refractivity contribution in [2.45, 2.75) is 25.8 Å². The van der Waals surface area contributed by atoms with Crippen molar-refractivity contribution in [2.75, 3.05) is 31.1 Å². The Balaban J connectivity index is 1.27. The monoisotopic (exact) mass is 468 g/mol. The van der Waals surface area contributed by atoms with Crippen molar-refractivity contribution in [2.24, 2.45) is 0 Å². The van der Waals surface area contributed by atoms with E-state index in [9.17, 15) is 9.59 Å². The summed E-state index contributed by atoms with van der Waals surface area (Å²) in [5.74, 6) is 0.987. The number of aromatic nitrogens is 4. The molecule has 0 radical (unpaired) electrons. The van der Waals surface area contributed by atoms with E-state index in [4.69, 9.17) is 16.3 Å². The van der Waals surface area contributed by atoms with E-state index in [1.165, 1.54) is 18.8 Å². The minimum atomic E-state index is -0.356. The van der Waals surface area contributed by atoms with E-state index in [0.717, 1.165) is 42.0 Å². The Morgan fingerprint density at radius 1 is 1.06 bits per heavy atom. The van der Waals surface area contributed by atoms with Crippen LogP contribution in [-0.4, -0.2) is 51.9 Å². The molecule has 1 aliphatic heterocycles. The van der Waals surface area contributed by atoms with E-state index < -0.39 is 0 Å². The summed E-state index contributed by atoms with van der Waals surface area (Å²) in [4.78, 5) is 35.1. The zero-order chi connectivity index (χ0) is 23.0. The van der Waals surface area contributed by atoms with Gasteiger partial charge >= 0.3 is 0 Å². The summed E-state index contributed by atoms with van der Waals surface area (Å²) >= 11 is 5.92. The van der Waals surface area contributed by atoms with Crippen LogP contribution in [0, 0.1) is 0 Å². The van der Waals surface area contributed by atoms with Crippen molar-refractivity contribution in [1.82, 2.24) is 25.1 Å². The maximum absolute atomic E-state index is 12.3. The predicted molar refractivity (Wildman–Crippen MR) is 126 cm³/mol. The Morgan fingerprint density at radius 2 is 1.85 bits per heavy atom. The van der Waals surface area contributed by atoms with Gasteiger partial charge in [0, 0.05) is 35.8 Å². The lowest BCUT2D eigenvalue weighted by Crippen LogP contribution is -2.35. The van der Waals surface area contributed by atoms with E-state index in [0.29, 0.717) is 16.6 Å². The lowest BCUT2D eigenvalue weighted by molar-refractivity contribution is -0.122. The molecular weight excluding hydrogens is 444 g/mol. The molecule has 1 aromatic carbocycles. The third-order valence-electron chi connectivity index (χ3n) is 5.28. The summed E-state index contributed by atoms with van der Waals surface area (Å²) in [6.07, 6.45) is 5.06. The minimum Gasteiger partial charge on any atom is -0.476 e. The molecule has 3 aromatic rings. The molecule has 10 heteroatoms. The van der Waals surface area contributed by atoms with Gasteiger partial charge in [-0.25, -0.2) is 14.6 Å². The van der Waals surface area contributed by atoms with Gasteiger partial charge in [0.25, 0.3) is 5.56 Å². The second-order valence-corrected chi connectivity index (χ2v) is 8.12. The standard InChI is InChI=1S/C23H25ClN6O3/c24-18-6-4-17(5-7-18)19-8-9-23(32)30(28-19)15-21(31)25-10-13-33-22-14-20(26-16-27-22)29-11-2-1-3-12-29/h4-9,14,16H,1-3,10-13,15H2,(H,25,31). The highest BCUT2D eigenvalue weighted by atomic mass is 35.5. The van der Waals surface area contributed by atoms with Crippen LogP contribution in [0.1, 0.15) is 19.3 Å². The molecular formula is C23H25ClN6O3. The van der Waals surface area contributed by atoms with Gasteiger partial charge in [-0.15, -0.1) is 0 Å². The molecule has 1 aliphatic rings. The molecule has 33 heavy (non-hydrogen) atoms. The number of carbonyl (C=O) groups is 1. The van der Waals surface area contributed by atoms with Gasteiger partial charge in [0.2, 0.25) is 11.8 Å². The highest BCUT2D eigenvalue weighted by Gasteiger charge is 2.13. The molecule has 1 saturated heterocycles. The Hall–Kier alpha value is -3.46. The first-order chi connectivity index (χ1) is 16.1. The van der Waals surface area contributed by atoms with Crippen molar-refractivity contribution in [3.63, 3.8) is 0 Å². The molecule has 172 valence electrons. The second-order valence-electron chi connectivity index (χ2n) is 7.68. The summed E-state index contributed by atoms with van der Waals surface area (Å²) in [5.41, 5.74) is 1.02. The average Bonchev–Trinajstić information content (AvgIpc) is 2.84. The van der Waals surface area contributed by atoms with Gasteiger partial charge in [0.15, 0.2) is 0 Å². The van der Waals surface area contributed by atoms with Crippen LogP contribution in [0.15, 0.2) is 53.6 Å². The third kappa shape index (κ3) is 6.29. The number of ether oxygens (including phenoxy) is 1. The summed E-state index contributed by atoms with van der Waals surface area (Å²) < 4.78 is 6.80. The van der Waals surface area contributed by atoms with Gasteiger partial charge in [0.1, 0.15) is 25.3 Å². The molecule has 0 bridgehead atoms. The van der Waals surface area contributed by atoms with Gasteiger partial charge < -0.3 is 15.0 Å². The maximum atomic E-state index is 12.3. The number of halogens is 1. The molecule has 1 N–H and O–H groups in total. The van der Waals surface area contributed by atoms with Gasteiger partial charge in [0.05, 0.1) is 12.2 Å². The van der Waals surface area contributed by atoms with Crippen LogP contribution in [0.5, 0.6) is 5.88 Å². The number of carbonyl (C=O) groups excluding carboxylic acids is 1. The quantitative estimate of drug-likeness (QED) is 0.507. The first-order valence-electron chi connectivity index (χ1n) is 10.9. The number of hydrogen-bond donors (Lipinski definition) is 1. The van der Waals surface area contributed by atoms with E-state index in [-0.39, 0.29) is 31.2 Å². The van der Waals surface area contributed by atoms with Crippen LogP contribution in [-0.2, 0) is 11.3 Å². The smallest absolute Gasteiger partial charge is 0.267 e. The first-order valence-corrected chi connectivity index (χ1v) is 11.3.